The van der Waals surface area contributed by atoms with Gasteiger partial charge in [0.2, 0.25) is 10.0 Å². The first-order chi connectivity index (χ1) is 7.70. The van der Waals surface area contributed by atoms with Crippen molar-refractivity contribution >= 4 is 19.9 Å². The number of hydrogen-bond donors (Lipinski definition) is 2. The summed E-state index contributed by atoms with van der Waals surface area (Å²) in [6, 6.07) is -0.145. The van der Waals surface area contributed by atoms with E-state index < -0.39 is 19.9 Å². The minimum Gasteiger partial charge on any atom is -0.315 e. The van der Waals surface area contributed by atoms with Gasteiger partial charge in [-0.2, -0.15) is 0 Å². The first kappa shape index (κ1) is 14.9. The van der Waals surface area contributed by atoms with Gasteiger partial charge in [-0.3, -0.25) is 0 Å². The first-order valence-corrected chi connectivity index (χ1v) is 9.29. The molecule has 0 aromatic heterocycles. The predicted molar refractivity (Wildman–Crippen MR) is 67.1 cm³/mol. The molecule has 8 heteroatoms. The van der Waals surface area contributed by atoms with E-state index in [9.17, 15) is 16.8 Å². The highest BCUT2D eigenvalue weighted by atomic mass is 32.2. The lowest BCUT2D eigenvalue weighted by Crippen LogP contribution is -2.50. The molecular weight excluding hydrogens is 264 g/mol. The van der Waals surface area contributed by atoms with Crippen LogP contribution in [0, 0.1) is 5.92 Å². The van der Waals surface area contributed by atoms with E-state index in [-0.39, 0.29) is 23.5 Å². The van der Waals surface area contributed by atoms with Gasteiger partial charge in [0, 0.05) is 18.8 Å². The first-order valence-electron chi connectivity index (χ1n) is 5.58. The molecular formula is C9H20N2O4S2. The normalized spacial score (nSPS) is 26.9. The Morgan fingerprint density at radius 2 is 1.88 bits per heavy atom. The Morgan fingerprint density at radius 1 is 1.24 bits per heavy atom. The van der Waals surface area contributed by atoms with E-state index in [2.05, 4.69) is 10.0 Å². The Hall–Kier alpha value is -0.180. The lowest BCUT2D eigenvalue weighted by atomic mass is 9.96. The summed E-state index contributed by atoms with van der Waals surface area (Å²) in [7, 11) is -6.76. The Labute approximate surface area is 103 Å². The highest BCUT2D eigenvalue weighted by molar-refractivity contribution is 7.93. The fourth-order valence-electron chi connectivity index (χ4n) is 1.70. The molecule has 0 spiro atoms. The van der Waals surface area contributed by atoms with Gasteiger partial charge in [-0.05, 0) is 18.9 Å². The Bertz CT molecular complexity index is 444. The van der Waals surface area contributed by atoms with Crippen molar-refractivity contribution < 1.29 is 16.8 Å². The van der Waals surface area contributed by atoms with Crippen LogP contribution in [0.15, 0.2) is 0 Å². The summed E-state index contributed by atoms with van der Waals surface area (Å²) in [5.74, 6) is -0.435. The lowest BCUT2D eigenvalue weighted by Gasteiger charge is -2.29. The Kier molecular flexibility index (Phi) is 4.94. The molecule has 1 saturated heterocycles. The molecule has 102 valence electrons. The van der Waals surface area contributed by atoms with Crippen LogP contribution in [0.5, 0.6) is 0 Å². The van der Waals surface area contributed by atoms with Crippen molar-refractivity contribution in [1.29, 1.82) is 0 Å². The van der Waals surface area contributed by atoms with Crippen LogP contribution in [-0.4, -0.2) is 53.7 Å². The van der Waals surface area contributed by atoms with Crippen LogP contribution in [0.2, 0.25) is 0 Å². The third-order valence-electron chi connectivity index (χ3n) is 2.88. The van der Waals surface area contributed by atoms with Gasteiger partial charge in [-0.1, -0.05) is 6.92 Å². The predicted octanol–water partition coefficient (Wildman–Crippen LogP) is -1.05. The van der Waals surface area contributed by atoms with E-state index in [1.807, 2.05) is 6.92 Å². The van der Waals surface area contributed by atoms with Crippen molar-refractivity contribution in [2.75, 3.05) is 30.9 Å². The molecule has 0 aliphatic carbocycles. The number of rotatable bonds is 5. The van der Waals surface area contributed by atoms with Crippen LogP contribution in [-0.2, 0) is 19.9 Å². The molecule has 1 fully saturated rings. The molecule has 1 aliphatic heterocycles. The van der Waals surface area contributed by atoms with Crippen molar-refractivity contribution in [3.8, 4) is 0 Å². The highest BCUT2D eigenvalue weighted by Gasteiger charge is 2.26. The minimum atomic E-state index is -3.52. The fourth-order valence-corrected chi connectivity index (χ4v) is 4.68. The maximum atomic E-state index is 11.7. The zero-order valence-electron chi connectivity index (χ0n) is 10.1. The topological polar surface area (TPSA) is 92.3 Å². The van der Waals surface area contributed by atoms with Gasteiger partial charge >= 0.3 is 0 Å². The SMILES string of the molecule is C[C@H]1CCNC[C@@H]1NS(=O)(=O)CCS(C)(=O)=O. The van der Waals surface area contributed by atoms with Gasteiger partial charge in [-0.15, -0.1) is 0 Å². The van der Waals surface area contributed by atoms with Crippen LogP contribution < -0.4 is 10.0 Å². The molecule has 1 heterocycles. The van der Waals surface area contributed by atoms with Gasteiger partial charge in [0.25, 0.3) is 0 Å². The van der Waals surface area contributed by atoms with Crippen LogP contribution >= 0.6 is 0 Å². The summed E-state index contributed by atoms with van der Waals surface area (Å²) in [4.78, 5) is 0. The summed E-state index contributed by atoms with van der Waals surface area (Å²) in [5, 5.41) is 3.11. The van der Waals surface area contributed by atoms with Crippen molar-refractivity contribution in [2.24, 2.45) is 5.92 Å². The third-order valence-corrected chi connectivity index (χ3v) is 5.49. The second-order valence-electron chi connectivity index (χ2n) is 4.64. The van der Waals surface area contributed by atoms with Crippen molar-refractivity contribution in [1.82, 2.24) is 10.0 Å². The standard InChI is InChI=1S/C9H20N2O4S2/c1-8-3-4-10-7-9(8)11-17(14,15)6-5-16(2,12)13/h8-11H,3-7H2,1-2H3/t8-,9-/m0/s1. The van der Waals surface area contributed by atoms with Gasteiger partial charge in [-0.25, -0.2) is 21.6 Å². The average molecular weight is 284 g/mol. The van der Waals surface area contributed by atoms with Gasteiger partial charge in [0.05, 0.1) is 11.5 Å². The molecule has 0 bridgehead atoms. The van der Waals surface area contributed by atoms with E-state index in [1.54, 1.807) is 0 Å². The van der Waals surface area contributed by atoms with Crippen molar-refractivity contribution in [3.63, 3.8) is 0 Å². The third kappa shape index (κ3) is 5.80. The van der Waals surface area contributed by atoms with Crippen molar-refractivity contribution in [3.05, 3.63) is 0 Å². The molecule has 0 radical (unpaired) electrons. The quantitative estimate of drug-likeness (QED) is 0.672. The van der Waals surface area contributed by atoms with E-state index >= 15 is 0 Å². The largest absolute Gasteiger partial charge is 0.315 e. The number of hydrogen-bond acceptors (Lipinski definition) is 5. The smallest absolute Gasteiger partial charge is 0.212 e. The zero-order chi connectivity index (χ0) is 13.1. The van der Waals surface area contributed by atoms with Crippen LogP contribution in [0.3, 0.4) is 0 Å². The van der Waals surface area contributed by atoms with E-state index in [1.165, 1.54) is 0 Å². The maximum Gasteiger partial charge on any atom is 0.212 e. The molecule has 2 N–H and O–H groups in total. The molecule has 2 atom stereocenters. The van der Waals surface area contributed by atoms with E-state index in [4.69, 9.17) is 0 Å². The summed E-state index contributed by atoms with van der Waals surface area (Å²) < 4.78 is 47.8. The van der Waals surface area contributed by atoms with Crippen LogP contribution in [0.4, 0.5) is 0 Å². The highest BCUT2D eigenvalue weighted by Crippen LogP contribution is 2.12. The van der Waals surface area contributed by atoms with E-state index in [0.29, 0.717) is 6.54 Å². The molecule has 0 saturated carbocycles. The zero-order valence-corrected chi connectivity index (χ0v) is 11.8. The summed E-state index contributed by atoms with van der Waals surface area (Å²) in [6.45, 7) is 3.48. The maximum absolute atomic E-state index is 11.7. The Balaban J connectivity index is 2.54. The summed E-state index contributed by atoms with van der Waals surface area (Å²) in [6.07, 6.45) is 1.95. The number of nitrogens with one attached hydrogen (secondary N) is 2. The van der Waals surface area contributed by atoms with Gasteiger partial charge < -0.3 is 5.32 Å². The molecule has 0 aromatic rings. The second kappa shape index (κ2) is 5.64. The monoisotopic (exact) mass is 284 g/mol. The molecule has 0 unspecified atom stereocenters. The fraction of sp³-hybridized carbons (Fsp3) is 1.00. The number of piperidine rings is 1. The molecule has 0 aromatic carbocycles. The summed E-state index contributed by atoms with van der Waals surface area (Å²) in [5.41, 5.74) is 0. The molecule has 1 aliphatic rings. The molecule has 1 rings (SSSR count). The van der Waals surface area contributed by atoms with Crippen LogP contribution in [0.25, 0.3) is 0 Å². The number of sulfonamides is 1. The van der Waals surface area contributed by atoms with Crippen LogP contribution in [0.1, 0.15) is 13.3 Å². The van der Waals surface area contributed by atoms with Gasteiger partial charge in [0.1, 0.15) is 9.84 Å². The van der Waals surface area contributed by atoms with Crippen molar-refractivity contribution in [2.45, 2.75) is 19.4 Å². The minimum absolute atomic E-state index is 0.145. The Morgan fingerprint density at radius 3 is 2.41 bits per heavy atom. The summed E-state index contributed by atoms with van der Waals surface area (Å²) >= 11 is 0. The molecule has 6 nitrogen and oxygen atoms in total. The van der Waals surface area contributed by atoms with E-state index in [0.717, 1.165) is 19.2 Å². The molecule has 0 amide bonds. The number of sulfone groups is 1. The lowest BCUT2D eigenvalue weighted by molar-refractivity contribution is 0.327. The van der Waals surface area contributed by atoms with Gasteiger partial charge in [0.15, 0.2) is 0 Å². The average Bonchev–Trinajstić information content (AvgIpc) is 2.18. The molecule has 17 heavy (non-hydrogen) atoms. The second-order valence-corrected chi connectivity index (χ2v) is 8.78.